The molecule has 0 N–H and O–H groups in total. The Kier molecular flexibility index (Phi) is 16.0. The first-order valence-electron chi connectivity index (χ1n) is 8.35. The van der Waals surface area contributed by atoms with E-state index < -0.39 is 0 Å². The summed E-state index contributed by atoms with van der Waals surface area (Å²) in [5.74, 6) is 0. The molecule has 0 heterocycles. The largest absolute Gasteiger partial charge is 0.353 e. The van der Waals surface area contributed by atoms with Crippen LogP contribution >= 0.6 is 0 Å². The van der Waals surface area contributed by atoms with Gasteiger partial charge in [-0.3, -0.25) is 0 Å². The first-order chi connectivity index (χ1) is 9.85. The van der Waals surface area contributed by atoms with Gasteiger partial charge < -0.3 is 9.47 Å². The zero-order chi connectivity index (χ0) is 14.9. The number of unbranched alkanes of at least 4 members (excludes halogenated alkanes) is 7. The Morgan fingerprint density at radius 1 is 0.850 bits per heavy atom. The Hall–Kier alpha value is -0.600. The lowest BCUT2D eigenvalue weighted by Gasteiger charge is -2.16. The topological polar surface area (TPSA) is 18.5 Å². The van der Waals surface area contributed by atoms with Crippen LogP contribution in [0.2, 0.25) is 0 Å². The summed E-state index contributed by atoms with van der Waals surface area (Å²) < 4.78 is 11.1. The van der Waals surface area contributed by atoms with E-state index in [0.29, 0.717) is 0 Å². The van der Waals surface area contributed by atoms with Crippen molar-refractivity contribution in [2.75, 3.05) is 13.2 Å². The predicted molar refractivity (Wildman–Crippen MR) is 87.9 cm³/mol. The second-order valence-electron chi connectivity index (χ2n) is 5.06. The molecule has 0 unspecified atom stereocenters. The van der Waals surface area contributed by atoms with E-state index in [1.807, 2.05) is 26.0 Å². The van der Waals surface area contributed by atoms with E-state index in [0.717, 1.165) is 19.6 Å². The normalized spacial score (nSPS) is 11.6. The van der Waals surface area contributed by atoms with E-state index in [4.69, 9.17) is 9.47 Å². The number of ether oxygens (including phenoxy) is 2. The van der Waals surface area contributed by atoms with Gasteiger partial charge in [-0.05, 0) is 39.5 Å². The molecule has 0 aromatic carbocycles. The van der Waals surface area contributed by atoms with Gasteiger partial charge in [0.1, 0.15) is 0 Å². The Morgan fingerprint density at radius 2 is 1.40 bits per heavy atom. The number of allylic oxidation sites excluding steroid dienone is 3. The van der Waals surface area contributed by atoms with Gasteiger partial charge in [0.2, 0.25) is 0 Å². The molecule has 20 heavy (non-hydrogen) atoms. The van der Waals surface area contributed by atoms with Gasteiger partial charge >= 0.3 is 0 Å². The second-order valence-corrected chi connectivity index (χ2v) is 5.06. The molecule has 0 bridgehead atoms. The molecule has 0 radical (unpaired) electrons. The van der Waals surface area contributed by atoms with Crippen LogP contribution in [0.15, 0.2) is 24.8 Å². The van der Waals surface area contributed by atoms with Crippen molar-refractivity contribution in [3.8, 4) is 0 Å². The third kappa shape index (κ3) is 13.8. The molecule has 0 amide bonds. The number of hydrogen-bond donors (Lipinski definition) is 0. The summed E-state index contributed by atoms with van der Waals surface area (Å²) in [4.78, 5) is 0. The lowest BCUT2D eigenvalue weighted by atomic mass is 10.1. The zero-order valence-electron chi connectivity index (χ0n) is 13.6. The Morgan fingerprint density at radius 3 is 1.95 bits per heavy atom. The molecule has 0 saturated carbocycles. The average molecular weight is 282 g/mol. The fourth-order valence-electron chi connectivity index (χ4n) is 2.24. The summed E-state index contributed by atoms with van der Waals surface area (Å²) >= 11 is 0. The molecule has 0 saturated heterocycles. The van der Waals surface area contributed by atoms with Gasteiger partial charge in [-0.25, -0.2) is 0 Å². The molecule has 0 fully saturated rings. The van der Waals surface area contributed by atoms with Crippen LogP contribution in [-0.2, 0) is 9.47 Å². The maximum atomic E-state index is 5.54. The van der Waals surface area contributed by atoms with Gasteiger partial charge in [0, 0.05) is 13.2 Å². The highest BCUT2D eigenvalue weighted by atomic mass is 16.7. The fourth-order valence-corrected chi connectivity index (χ4v) is 2.24. The molecule has 0 aromatic heterocycles. The Balaban J connectivity index is 3.26. The maximum absolute atomic E-state index is 5.54. The highest BCUT2D eigenvalue weighted by Crippen LogP contribution is 2.12. The van der Waals surface area contributed by atoms with Crippen LogP contribution in [0.4, 0.5) is 0 Å². The second kappa shape index (κ2) is 16.5. The molecule has 2 heteroatoms. The minimum Gasteiger partial charge on any atom is -0.353 e. The SMILES string of the molecule is C=C/C=C/CCCCCCCCCC(OCC)OCC. The quantitative estimate of drug-likeness (QED) is 0.220. The van der Waals surface area contributed by atoms with Gasteiger partial charge in [0.05, 0.1) is 0 Å². The first-order valence-corrected chi connectivity index (χ1v) is 8.35. The molecule has 118 valence electrons. The van der Waals surface area contributed by atoms with Crippen molar-refractivity contribution in [1.82, 2.24) is 0 Å². The van der Waals surface area contributed by atoms with Crippen LogP contribution < -0.4 is 0 Å². The summed E-state index contributed by atoms with van der Waals surface area (Å²) in [5.41, 5.74) is 0. The third-order valence-corrected chi connectivity index (χ3v) is 3.29. The van der Waals surface area contributed by atoms with Crippen molar-refractivity contribution in [3.63, 3.8) is 0 Å². The summed E-state index contributed by atoms with van der Waals surface area (Å²) in [6.45, 7) is 9.20. The smallest absolute Gasteiger partial charge is 0.157 e. The Bertz CT molecular complexity index is 217. The molecule has 2 nitrogen and oxygen atoms in total. The minimum absolute atomic E-state index is 0.0154. The zero-order valence-corrected chi connectivity index (χ0v) is 13.6. The van der Waals surface area contributed by atoms with E-state index in [2.05, 4.69) is 12.7 Å². The van der Waals surface area contributed by atoms with E-state index in [1.165, 1.54) is 51.4 Å². The van der Waals surface area contributed by atoms with Gasteiger partial charge in [0.25, 0.3) is 0 Å². The standard InChI is InChI=1S/C18H34O2/c1-4-7-8-9-10-11-12-13-14-15-16-17-18(19-5-2)20-6-3/h4,7-8,18H,1,5-6,9-17H2,2-3H3/b8-7+. The van der Waals surface area contributed by atoms with Gasteiger partial charge in [-0.15, -0.1) is 0 Å². The van der Waals surface area contributed by atoms with Gasteiger partial charge in [-0.2, -0.15) is 0 Å². The van der Waals surface area contributed by atoms with E-state index in [9.17, 15) is 0 Å². The molecular weight excluding hydrogens is 248 g/mol. The number of hydrogen-bond acceptors (Lipinski definition) is 2. The van der Waals surface area contributed by atoms with Gasteiger partial charge in [-0.1, -0.05) is 56.9 Å². The van der Waals surface area contributed by atoms with Crippen molar-refractivity contribution < 1.29 is 9.47 Å². The molecule has 0 aromatic rings. The molecule has 0 aliphatic rings. The van der Waals surface area contributed by atoms with E-state index >= 15 is 0 Å². The molecule has 0 rings (SSSR count). The summed E-state index contributed by atoms with van der Waals surface area (Å²) in [5, 5.41) is 0. The van der Waals surface area contributed by atoms with Crippen molar-refractivity contribution in [3.05, 3.63) is 24.8 Å². The summed E-state index contributed by atoms with van der Waals surface area (Å²) in [6, 6.07) is 0. The summed E-state index contributed by atoms with van der Waals surface area (Å²) in [6.07, 6.45) is 17.6. The molecule has 0 spiro atoms. The molecule has 0 atom stereocenters. The van der Waals surface area contributed by atoms with Crippen molar-refractivity contribution in [2.45, 2.75) is 77.9 Å². The van der Waals surface area contributed by atoms with Crippen LogP contribution in [0.3, 0.4) is 0 Å². The Labute approximate surface area is 126 Å². The monoisotopic (exact) mass is 282 g/mol. The predicted octanol–water partition coefficient (Wildman–Crippen LogP) is 5.64. The highest BCUT2D eigenvalue weighted by molar-refractivity contribution is 4.96. The number of rotatable bonds is 15. The average Bonchev–Trinajstić information content (AvgIpc) is 2.45. The molecule has 0 aliphatic carbocycles. The van der Waals surface area contributed by atoms with Gasteiger partial charge in [0.15, 0.2) is 6.29 Å². The fraction of sp³-hybridized carbons (Fsp3) is 0.778. The minimum atomic E-state index is 0.0154. The van der Waals surface area contributed by atoms with E-state index in [-0.39, 0.29) is 6.29 Å². The van der Waals surface area contributed by atoms with Crippen molar-refractivity contribution in [1.29, 1.82) is 0 Å². The highest BCUT2D eigenvalue weighted by Gasteiger charge is 2.06. The summed E-state index contributed by atoms with van der Waals surface area (Å²) in [7, 11) is 0. The van der Waals surface area contributed by atoms with Crippen molar-refractivity contribution in [2.24, 2.45) is 0 Å². The lowest BCUT2D eigenvalue weighted by Crippen LogP contribution is -2.17. The third-order valence-electron chi connectivity index (χ3n) is 3.29. The van der Waals surface area contributed by atoms with Crippen LogP contribution in [-0.4, -0.2) is 19.5 Å². The lowest BCUT2D eigenvalue weighted by molar-refractivity contribution is -0.140. The maximum Gasteiger partial charge on any atom is 0.157 e. The van der Waals surface area contributed by atoms with E-state index in [1.54, 1.807) is 0 Å². The molecular formula is C18H34O2. The van der Waals surface area contributed by atoms with Crippen LogP contribution in [0.25, 0.3) is 0 Å². The van der Waals surface area contributed by atoms with Crippen LogP contribution in [0.5, 0.6) is 0 Å². The van der Waals surface area contributed by atoms with Crippen LogP contribution in [0.1, 0.15) is 71.6 Å². The van der Waals surface area contributed by atoms with Crippen LogP contribution in [0, 0.1) is 0 Å². The first kappa shape index (κ1) is 19.4. The van der Waals surface area contributed by atoms with Crippen molar-refractivity contribution >= 4 is 0 Å². The molecule has 0 aliphatic heterocycles.